The molecule has 1 aliphatic carbocycles. The fourth-order valence-corrected chi connectivity index (χ4v) is 4.45. The van der Waals surface area contributed by atoms with Crippen molar-refractivity contribution in [3.63, 3.8) is 0 Å². The molecule has 2 aromatic carbocycles. The lowest BCUT2D eigenvalue weighted by atomic mass is 9.74. The molecular weight excluding hydrogens is 336 g/mol. The normalized spacial score (nSPS) is 23.7. The van der Waals surface area contributed by atoms with Gasteiger partial charge >= 0.3 is 0 Å². The van der Waals surface area contributed by atoms with Crippen molar-refractivity contribution in [1.29, 1.82) is 0 Å². The van der Waals surface area contributed by atoms with E-state index >= 15 is 0 Å². The summed E-state index contributed by atoms with van der Waals surface area (Å²) < 4.78 is 0. The highest BCUT2D eigenvalue weighted by molar-refractivity contribution is 6.30. The second-order valence-electron chi connectivity index (χ2n) is 6.91. The van der Waals surface area contributed by atoms with Crippen molar-refractivity contribution in [2.24, 2.45) is 5.92 Å². The number of aryl methyl sites for hydroxylation is 1. The molecule has 0 bridgehead atoms. The summed E-state index contributed by atoms with van der Waals surface area (Å²) in [6.45, 7) is 4.00. The van der Waals surface area contributed by atoms with Crippen molar-refractivity contribution in [2.75, 3.05) is 5.32 Å². The highest BCUT2D eigenvalue weighted by Crippen LogP contribution is 2.53. The molecule has 0 saturated carbocycles. The van der Waals surface area contributed by atoms with Gasteiger partial charge < -0.3 is 5.32 Å². The van der Waals surface area contributed by atoms with Crippen molar-refractivity contribution in [1.82, 2.24) is 0 Å². The van der Waals surface area contributed by atoms with E-state index in [9.17, 15) is 10.1 Å². The van der Waals surface area contributed by atoms with Gasteiger partial charge in [0.05, 0.1) is 11.0 Å². The van der Waals surface area contributed by atoms with Crippen LogP contribution in [0.25, 0.3) is 0 Å². The number of hydrogen-bond donors (Lipinski definition) is 1. The molecule has 0 aromatic heterocycles. The monoisotopic (exact) mass is 354 g/mol. The number of nitrogens with zero attached hydrogens (tertiary/aromatic N) is 1. The van der Waals surface area contributed by atoms with Crippen LogP contribution in [-0.2, 0) is 0 Å². The molecule has 128 valence electrons. The van der Waals surface area contributed by atoms with Crippen LogP contribution >= 0.6 is 11.6 Å². The second kappa shape index (κ2) is 5.88. The summed E-state index contributed by atoms with van der Waals surface area (Å²) in [6.07, 6.45) is 5.35. The lowest BCUT2D eigenvalue weighted by molar-refractivity contribution is -0.384. The first-order valence-electron chi connectivity index (χ1n) is 8.44. The number of allylic oxidation sites excluding steroid dienone is 2. The highest BCUT2D eigenvalue weighted by Gasteiger charge is 2.41. The third kappa shape index (κ3) is 2.52. The lowest BCUT2D eigenvalue weighted by Gasteiger charge is -2.38. The number of benzene rings is 2. The molecule has 0 amide bonds. The van der Waals surface area contributed by atoms with E-state index in [0.29, 0.717) is 16.6 Å². The maximum Gasteiger partial charge on any atom is 0.292 e. The van der Waals surface area contributed by atoms with Gasteiger partial charge in [0.25, 0.3) is 5.69 Å². The Morgan fingerprint density at radius 1 is 1.28 bits per heavy atom. The second-order valence-corrected chi connectivity index (χ2v) is 7.35. The van der Waals surface area contributed by atoms with Gasteiger partial charge in [-0.15, -0.1) is 0 Å². The Morgan fingerprint density at radius 3 is 2.80 bits per heavy atom. The van der Waals surface area contributed by atoms with Crippen LogP contribution in [0, 0.1) is 29.9 Å². The summed E-state index contributed by atoms with van der Waals surface area (Å²) in [7, 11) is 0. The number of nitro groups is 1. The first kappa shape index (κ1) is 16.2. The average Bonchev–Trinajstić information content (AvgIpc) is 3.06. The molecule has 2 aliphatic rings. The highest BCUT2D eigenvalue weighted by atomic mass is 35.5. The smallest absolute Gasteiger partial charge is 0.292 e. The van der Waals surface area contributed by atoms with Gasteiger partial charge in [-0.2, -0.15) is 0 Å². The van der Waals surface area contributed by atoms with E-state index in [-0.39, 0.29) is 22.6 Å². The topological polar surface area (TPSA) is 55.2 Å². The van der Waals surface area contributed by atoms with Crippen LogP contribution in [0.5, 0.6) is 0 Å². The van der Waals surface area contributed by atoms with Crippen LogP contribution in [0.15, 0.2) is 42.5 Å². The van der Waals surface area contributed by atoms with Gasteiger partial charge in [0, 0.05) is 17.0 Å². The number of fused-ring (bicyclic) bond motifs is 3. The summed E-state index contributed by atoms with van der Waals surface area (Å²) in [5.74, 6) is 0.532. The number of rotatable bonds is 2. The van der Waals surface area contributed by atoms with Gasteiger partial charge in [-0.25, -0.2) is 0 Å². The largest absolute Gasteiger partial charge is 0.372 e. The molecule has 25 heavy (non-hydrogen) atoms. The first-order valence-corrected chi connectivity index (χ1v) is 8.82. The van der Waals surface area contributed by atoms with Gasteiger partial charge in [0.2, 0.25) is 0 Å². The molecule has 1 N–H and O–H groups in total. The SMILES string of the molecule is Cc1cc([N+](=O)[O-])c2c(c1C)[C@@H]1C=CC[C@@H]1[C@H](c1cccc(Cl)c1)N2. The fourth-order valence-electron chi connectivity index (χ4n) is 4.25. The van der Waals surface area contributed by atoms with Crippen LogP contribution in [0.3, 0.4) is 0 Å². The van der Waals surface area contributed by atoms with E-state index in [2.05, 4.69) is 24.4 Å². The Hall–Kier alpha value is -2.33. The summed E-state index contributed by atoms with van der Waals surface area (Å²) >= 11 is 6.18. The van der Waals surface area contributed by atoms with Gasteiger partial charge in [0.1, 0.15) is 5.69 Å². The quantitative estimate of drug-likeness (QED) is 0.428. The standard InChI is InChI=1S/C20H19ClN2O2/c1-11-9-17(23(24)25)20-18(12(11)2)15-7-4-8-16(15)19(22-20)13-5-3-6-14(21)10-13/h3-7,9-10,15-16,19,22H,8H2,1-2H3/t15-,16+,19+/m1/s1. The van der Waals surface area contributed by atoms with Crippen LogP contribution in [0.1, 0.15) is 40.6 Å². The molecule has 3 atom stereocenters. The van der Waals surface area contributed by atoms with Gasteiger partial charge in [-0.3, -0.25) is 10.1 Å². The Morgan fingerprint density at radius 2 is 2.08 bits per heavy atom. The molecule has 4 rings (SSSR count). The van der Waals surface area contributed by atoms with Crippen molar-refractivity contribution >= 4 is 23.0 Å². The number of hydrogen-bond acceptors (Lipinski definition) is 3. The summed E-state index contributed by atoms with van der Waals surface area (Å²) in [6, 6.07) is 9.45. The Kier molecular flexibility index (Phi) is 3.80. The zero-order valence-corrected chi connectivity index (χ0v) is 14.9. The van der Waals surface area contributed by atoms with Crippen LogP contribution in [0.2, 0.25) is 5.02 Å². The number of nitro benzene ring substituents is 1. The predicted molar refractivity (Wildman–Crippen MR) is 100 cm³/mol. The number of nitrogens with one attached hydrogen (secondary N) is 1. The molecular formula is C20H19ClN2O2. The molecule has 0 fully saturated rings. The number of halogens is 1. The van der Waals surface area contributed by atoms with Gasteiger partial charge in [-0.1, -0.05) is 35.9 Å². The molecule has 4 nitrogen and oxygen atoms in total. The molecule has 1 heterocycles. The van der Waals surface area contributed by atoms with E-state index in [1.807, 2.05) is 31.2 Å². The molecule has 0 saturated heterocycles. The van der Waals surface area contributed by atoms with Gasteiger partial charge in [-0.05, 0) is 60.6 Å². The first-order chi connectivity index (χ1) is 12.0. The molecule has 5 heteroatoms. The summed E-state index contributed by atoms with van der Waals surface area (Å²) in [5.41, 5.74) is 5.06. The van der Waals surface area contributed by atoms with E-state index in [0.717, 1.165) is 28.7 Å². The minimum Gasteiger partial charge on any atom is -0.372 e. The van der Waals surface area contributed by atoms with E-state index < -0.39 is 0 Å². The zero-order chi connectivity index (χ0) is 17.7. The molecule has 0 radical (unpaired) electrons. The van der Waals surface area contributed by atoms with Crippen molar-refractivity contribution in [2.45, 2.75) is 32.2 Å². The Balaban J connectivity index is 1.92. The molecule has 1 aliphatic heterocycles. The van der Waals surface area contributed by atoms with E-state index in [1.54, 1.807) is 6.07 Å². The van der Waals surface area contributed by atoms with E-state index in [4.69, 9.17) is 11.6 Å². The molecule has 0 spiro atoms. The average molecular weight is 355 g/mol. The number of anilines is 1. The van der Waals surface area contributed by atoms with Crippen molar-refractivity contribution in [3.8, 4) is 0 Å². The fraction of sp³-hybridized carbons (Fsp3) is 0.300. The third-order valence-electron chi connectivity index (χ3n) is 5.55. The van der Waals surface area contributed by atoms with Crippen molar-refractivity contribution in [3.05, 3.63) is 79.9 Å². The summed E-state index contributed by atoms with van der Waals surface area (Å²) in [5, 5.41) is 15.8. The Bertz CT molecular complexity index is 907. The Labute approximate surface area is 151 Å². The van der Waals surface area contributed by atoms with Crippen LogP contribution < -0.4 is 5.32 Å². The van der Waals surface area contributed by atoms with Gasteiger partial charge in [0.15, 0.2) is 0 Å². The minimum atomic E-state index is -0.285. The minimum absolute atomic E-state index is 0.00649. The van der Waals surface area contributed by atoms with E-state index in [1.165, 1.54) is 0 Å². The maximum atomic E-state index is 11.7. The molecule has 2 aromatic rings. The summed E-state index contributed by atoms with van der Waals surface area (Å²) in [4.78, 5) is 11.4. The zero-order valence-electron chi connectivity index (χ0n) is 14.1. The predicted octanol–water partition coefficient (Wildman–Crippen LogP) is 5.69. The molecule has 0 unspecified atom stereocenters. The van der Waals surface area contributed by atoms with Crippen molar-refractivity contribution < 1.29 is 4.92 Å². The maximum absolute atomic E-state index is 11.7. The third-order valence-corrected chi connectivity index (χ3v) is 5.79. The lowest BCUT2D eigenvalue weighted by Crippen LogP contribution is -2.30. The van der Waals surface area contributed by atoms with Crippen LogP contribution in [0.4, 0.5) is 11.4 Å². The van der Waals surface area contributed by atoms with Crippen LogP contribution in [-0.4, -0.2) is 4.92 Å².